The fourth-order valence-corrected chi connectivity index (χ4v) is 3.45. The van der Waals surface area contributed by atoms with Crippen molar-refractivity contribution in [3.63, 3.8) is 0 Å². The van der Waals surface area contributed by atoms with Crippen molar-refractivity contribution < 1.29 is 0 Å². The van der Waals surface area contributed by atoms with E-state index in [1.165, 1.54) is 0 Å². The van der Waals surface area contributed by atoms with E-state index >= 15 is 0 Å². The smallest absolute Gasteiger partial charge is 0.123 e. The van der Waals surface area contributed by atoms with Crippen LogP contribution in [0.25, 0.3) is 0 Å². The molecule has 0 aromatic carbocycles. The molecule has 3 heterocycles. The molecule has 0 bridgehead atoms. The van der Waals surface area contributed by atoms with Crippen molar-refractivity contribution in [3.05, 3.63) is 76.4 Å². The molecule has 0 saturated carbocycles. The van der Waals surface area contributed by atoms with Crippen LogP contribution in [0, 0.1) is 13.8 Å². The van der Waals surface area contributed by atoms with Gasteiger partial charge in [0.15, 0.2) is 0 Å². The highest BCUT2D eigenvalue weighted by atomic mass is 14.8. The van der Waals surface area contributed by atoms with Crippen molar-refractivity contribution in [2.75, 3.05) is 18.0 Å². The summed E-state index contributed by atoms with van der Waals surface area (Å²) in [5.41, 5.74) is 23.9. The van der Waals surface area contributed by atoms with Gasteiger partial charge in [-0.1, -0.05) is 6.07 Å². The SMILES string of the molecule is Cc1cc(N)nc(CCc2cccc([C@@H](CN)Cc3cc(C)cc(N)n3)n2)c1. The van der Waals surface area contributed by atoms with Crippen molar-refractivity contribution in [2.45, 2.75) is 39.0 Å². The van der Waals surface area contributed by atoms with E-state index in [4.69, 9.17) is 22.2 Å². The molecule has 3 aromatic rings. The van der Waals surface area contributed by atoms with Gasteiger partial charge in [-0.3, -0.25) is 4.98 Å². The Morgan fingerprint density at radius 3 is 2.04 bits per heavy atom. The Morgan fingerprint density at radius 1 is 0.786 bits per heavy atom. The molecule has 0 aliphatic heterocycles. The van der Waals surface area contributed by atoms with Crippen LogP contribution in [0.1, 0.15) is 39.8 Å². The molecular weight excluding hydrogens is 348 g/mol. The Hall–Kier alpha value is -2.99. The molecule has 0 aliphatic rings. The first-order valence-corrected chi connectivity index (χ1v) is 9.55. The van der Waals surface area contributed by atoms with Gasteiger partial charge in [0.05, 0.1) is 0 Å². The highest BCUT2D eigenvalue weighted by molar-refractivity contribution is 5.35. The molecule has 0 radical (unpaired) electrons. The molecule has 6 heteroatoms. The van der Waals surface area contributed by atoms with Crippen LogP contribution in [0.15, 0.2) is 42.5 Å². The van der Waals surface area contributed by atoms with E-state index in [1.54, 1.807) is 0 Å². The largest absolute Gasteiger partial charge is 0.384 e. The second kappa shape index (κ2) is 8.80. The Labute approximate surface area is 166 Å². The molecule has 6 N–H and O–H groups in total. The summed E-state index contributed by atoms with van der Waals surface area (Å²) in [5, 5.41) is 0. The van der Waals surface area contributed by atoms with Crippen LogP contribution in [0.4, 0.5) is 11.6 Å². The predicted molar refractivity (Wildman–Crippen MR) is 114 cm³/mol. The van der Waals surface area contributed by atoms with Gasteiger partial charge < -0.3 is 17.2 Å². The molecule has 0 spiro atoms. The summed E-state index contributed by atoms with van der Waals surface area (Å²) in [7, 11) is 0. The minimum atomic E-state index is 0.0985. The topological polar surface area (TPSA) is 117 Å². The normalized spacial score (nSPS) is 12.1. The summed E-state index contributed by atoms with van der Waals surface area (Å²) in [6.07, 6.45) is 2.32. The second-order valence-corrected chi connectivity index (χ2v) is 7.31. The van der Waals surface area contributed by atoms with Crippen molar-refractivity contribution in [2.24, 2.45) is 5.73 Å². The molecule has 1 atom stereocenters. The number of aryl methyl sites for hydroxylation is 4. The zero-order valence-corrected chi connectivity index (χ0v) is 16.5. The van der Waals surface area contributed by atoms with Crippen LogP contribution < -0.4 is 17.2 Å². The highest BCUT2D eigenvalue weighted by Gasteiger charge is 2.14. The molecule has 3 aromatic heterocycles. The fourth-order valence-electron chi connectivity index (χ4n) is 3.45. The third-order valence-corrected chi connectivity index (χ3v) is 4.71. The first-order chi connectivity index (χ1) is 13.4. The zero-order chi connectivity index (χ0) is 20.1. The number of hydrogen-bond donors (Lipinski definition) is 3. The van der Waals surface area contributed by atoms with Crippen molar-refractivity contribution in [1.82, 2.24) is 15.0 Å². The predicted octanol–water partition coefficient (Wildman–Crippen LogP) is 2.72. The van der Waals surface area contributed by atoms with Gasteiger partial charge in [-0.25, -0.2) is 9.97 Å². The number of pyridine rings is 3. The maximum atomic E-state index is 6.05. The molecule has 146 valence electrons. The molecule has 0 fully saturated rings. The van der Waals surface area contributed by atoms with Gasteiger partial charge in [0, 0.05) is 35.2 Å². The summed E-state index contributed by atoms with van der Waals surface area (Å²) < 4.78 is 0. The minimum absolute atomic E-state index is 0.0985. The summed E-state index contributed by atoms with van der Waals surface area (Å²) in [6.45, 7) is 4.55. The van der Waals surface area contributed by atoms with E-state index in [-0.39, 0.29) is 5.92 Å². The highest BCUT2D eigenvalue weighted by Crippen LogP contribution is 2.20. The minimum Gasteiger partial charge on any atom is -0.384 e. The van der Waals surface area contributed by atoms with E-state index in [2.05, 4.69) is 22.1 Å². The third-order valence-electron chi connectivity index (χ3n) is 4.71. The Morgan fingerprint density at radius 2 is 1.39 bits per heavy atom. The van der Waals surface area contributed by atoms with E-state index < -0.39 is 0 Å². The van der Waals surface area contributed by atoms with E-state index in [1.807, 2.05) is 44.2 Å². The molecule has 28 heavy (non-hydrogen) atoms. The number of nitrogen functional groups attached to an aromatic ring is 2. The van der Waals surface area contributed by atoms with Crippen molar-refractivity contribution in [1.29, 1.82) is 0 Å². The lowest BCUT2D eigenvalue weighted by molar-refractivity contribution is 0.656. The summed E-state index contributed by atoms with van der Waals surface area (Å²) in [6, 6.07) is 14.0. The maximum absolute atomic E-state index is 6.05. The van der Waals surface area contributed by atoms with Crippen LogP contribution in [-0.2, 0) is 19.3 Å². The summed E-state index contributed by atoms with van der Waals surface area (Å²) in [5.74, 6) is 1.20. The van der Waals surface area contributed by atoms with Gasteiger partial charge in [0.1, 0.15) is 11.6 Å². The first-order valence-electron chi connectivity index (χ1n) is 9.55. The number of anilines is 2. The standard InChI is InChI=1S/C22H28N6/c1-14-8-18(27-21(24)10-14)7-6-17-4-3-5-20(26-17)16(13-23)12-19-9-15(2)11-22(25)28-19/h3-5,8-11,16H,6-7,12-13,23H2,1-2H3,(H2,24,27)(H2,25,28)/t16-/m1/s1. The fraction of sp³-hybridized carbons (Fsp3) is 0.318. The van der Waals surface area contributed by atoms with Gasteiger partial charge in [-0.2, -0.15) is 0 Å². The Bertz CT molecular complexity index is 913. The number of rotatable bonds is 7. The van der Waals surface area contributed by atoms with Gasteiger partial charge in [-0.05, 0) is 80.6 Å². The van der Waals surface area contributed by atoms with Gasteiger partial charge in [0.2, 0.25) is 0 Å². The van der Waals surface area contributed by atoms with Gasteiger partial charge >= 0.3 is 0 Å². The van der Waals surface area contributed by atoms with Gasteiger partial charge in [-0.15, -0.1) is 0 Å². The molecule has 6 nitrogen and oxygen atoms in total. The Balaban J connectivity index is 1.73. The molecular formula is C22H28N6. The lowest BCUT2D eigenvalue weighted by Crippen LogP contribution is -2.18. The molecule has 0 amide bonds. The van der Waals surface area contributed by atoms with Crippen LogP contribution in [0.3, 0.4) is 0 Å². The van der Waals surface area contributed by atoms with E-state index in [0.717, 1.165) is 53.2 Å². The monoisotopic (exact) mass is 376 g/mol. The molecule has 0 aliphatic carbocycles. The van der Waals surface area contributed by atoms with E-state index in [9.17, 15) is 0 Å². The second-order valence-electron chi connectivity index (χ2n) is 7.31. The summed E-state index contributed by atoms with van der Waals surface area (Å²) >= 11 is 0. The average Bonchev–Trinajstić information content (AvgIpc) is 2.63. The van der Waals surface area contributed by atoms with Crippen LogP contribution in [0.5, 0.6) is 0 Å². The zero-order valence-electron chi connectivity index (χ0n) is 16.5. The third kappa shape index (κ3) is 5.27. The van der Waals surface area contributed by atoms with Crippen molar-refractivity contribution >= 4 is 11.6 Å². The lowest BCUT2D eigenvalue weighted by atomic mass is 9.97. The first kappa shape index (κ1) is 19.8. The number of aromatic nitrogens is 3. The van der Waals surface area contributed by atoms with Crippen LogP contribution in [-0.4, -0.2) is 21.5 Å². The van der Waals surface area contributed by atoms with Crippen molar-refractivity contribution in [3.8, 4) is 0 Å². The molecule has 3 rings (SSSR count). The van der Waals surface area contributed by atoms with Crippen LogP contribution >= 0.6 is 0 Å². The maximum Gasteiger partial charge on any atom is 0.123 e. The summed E-state index contributed by atoms with van der Waals surface area (Å²) in [4.78, 5) is 13.7. The number of nitrogens with zero attached hydrogens (tertiary/aromatic N) is 3. The lowest BCUT2D eigenvalue weighted by Gasteiger charge is -2.15. The quantitative estimate of drug-likeness (QED) is 0.584. The molecule has 0 unspecified atom stereocenters. The van der Waals surface area contributed by atoms with Crippen LogP contribution in [0.2, 0.25) is 0 Å². The number of nitrogens with two attached hydrogens (primary N) is 3. The molecule has 0 saturated heterocycles. The number of hydrogen-bond acceptors (Lipinski definition) is 6. The average molecular weight is 377 g/mol. The Kier molecular flexibility index (Phi) is 6.21. The van der Waals surface area contributed by atoms with E-state index in [0.29, 0.717) is 18.2 Å². The van der Waals surface area contributed by atoms with Gasteiger partial charge in [0.25, 0.3) is 0 Å².